The minimum absolute atomic E-state index is 0.00546. The maximum atomic E-state index is 13.5. The highest BCUT2D eigenvalue weighted by atomic mass is 35.5. The highest BCUT2D eigenvalue weighted by Crippen LogP contribution is 2.32. The van der Waals surface area contributed by atoms with Gasteiger partial charge in [-0.15, -0.1) is 0 Å². The first-order valence-corrected chi connectivity index (χ1v) is 6.72. The fraction of sp³-hybridized carbons (Fsp3) is 0.462. The Balaban J connectivity index is 2.13. The van der Waals surface area contributed by atoms with Crippen LogP contribution >= 0.6 is 23.2 Å². The second-order valence-corrected chi connectivity index (χ2v) is 5.17. The van der Waals surface area contributed by atoms with Crippen molar-refractivity contribution in [3.63, 3.8) is 0 Å². The summed E-state index contributed by atoms with van der Waals surface area (Å²) < 4.78 is 19.1. The number of nitrogens with zero attached hydrogens (tertiary/aromatic N) is 2. The van der Waals surface area contributed by atoms with Gasteiger partial charge in [-0.05, 0) is 12.1 Å². The van der Waals surface area contributed by atoms with E-state index in [0.29, 0.717) is 36.7 Å². The van der Waals surface area contributed by atoms with Crippen LogP contribution in [0.15, 0.2) is 12.1 Å². The van der Waals surface area contributed by atoms with Gasteiger partial charge >= 0.3 is 0 Å². The van der Waals surface area contributed by atoms with Crippen molar-refractivity contribution in [1.82, 2.24) is 4.90 Å². The van der Waals surface area contributed by atoms with E-state index in [9.17, 15) is 4.39 Å². The first-order valence-electron chi connectivity index (χ1n) is 5.97. The van der Waals surface area contributed by atoms with Gasteiger partial charge in [0.15, 0.2) is 0 Å². The number of morpholine rings is 1. The van der Waals surface area contributed by atoms with Gasteiger partial charge in [-0.3, -0.25) is 4.90 Å². The average Bonchev–Trinajstić information content (AvgIpc) is 2.41. The molecule has 1 saturated heterocycles. The fourth-order valence-corrected chi connectivity index (χ4v) is 2.59. The molecule has 0 radical (unpaired) electrons. The smallest absolute Gasteiger partial charge is 0.142 e. The Hall–Kier alpha value is -0.860. The van der Waals surface area contributed by atoms with Crippen LogP contribution in [0.25, 0.3) is 0 Å². The van der Waals surface area contributed by atoms with Crippen molar-refractivity contribution in [2.45, 2.75) is 12.5 Å². The normalized spacial score (nSPS) is 20.2. The maximum Gasteiger partial charge on any atom is 0.142 e. The van der Waals surface area contributed by atoms with Gasteiger partial charge < -0.3 is 4.74 Å². The Bertz CT molecular complexity index is 504. The van der Waals surface area contributed by atoms with Gasteiger partial charge in [-0.2, -0.15) is 5.26 Å². The molecule has 1 aromatic carbocycles. The van der Waals surface area contributed by atoms with E-state index in [-0.39, 0.29) is 11.1 Å². The second kappa shape index (κ2) is 6.53. The van der Waals surface area contributed by atoms with Gasteiger partial charge in [0.2, 0.25) is 0 Å². The molecule has 0 aromatic heterocycles. The predicted molar refractivity (Wildman–Crippen MR) is 71.8 cm³/mol. The molecule has 0 saturated carbocycles. The summed E-state index contributed by atoms with van der Waals surface area (Å²) in [5.74, 6) is -0.501. The lowest BCUT2D eigenvalue weighted by Gasteiger charge is -2.33. The summed E-state index contributed by atoms with van der Waals surface area (Å²) in [6.07, 6.45) is 0.182. The zero-order chi connectivity index (χ0) is 13.8. The van der Waals surface area contributed by atoms with Crippen molar-refractivity contribution in [1.29, 1.82) is 5.26 Å². The van der Waals surface area contributed by atoms with Crippen LogP contribution in [0.1, 0.15) is 18.1 Å². The van der Waals surface area contributed by atoms with Crippen LogP contribution in [-0.2, 0) is 4.74 Å². The standard InChI is InChI=1S/C13H13Cl2FN2O/c14-10-7-11(15)12(16)6-9(10)13-8-18(3-1-2-17)4-5-19-13/h6-7,13H,1,3-5,8H2/t13-/m1/s1. The third-order valence-corrected chi connectivity index (χ3v) is 3.69. The first kappa shape index (κ1) is 14.5. The molecular weight excluding hydrogens is 290 g/mol. The first-order chi connectivity index (χ1) is 9.11. The SMILES string of the molecule is N#CCCN1CCO[C@@H](c2cc(F)c(Cl)cc2Cl)C1. The largest absolute Gasteiger partial charge is 0.371 e. The predicted octanol–water partition coefficient (Wildman–Crippen LogP) is 3.42. The lowest BCUT2D eigenvalue weighted by Crippen LogP contribution is -2.38. The number of rotatable bonds is 3. The molecule has 0 unspecified atom stereocenters. The second-order valence-electron chi connectivity index (χ2n) is 4.36. The van der Waals surface area contributed by atoms with E-state index < -0.39 is 5.82 Å². The molecule has 1 atom stereocenters. The molecule has 102 valence electrons. The van der Waals surface area contributed by atoms with Gasteiger partial charge in [0, 0.05) is 36.6 Å². The minimum atomic E-state index is -0.501. The molecular formula is C13H13Cl2FN2O. The summed E-state index contributed by atoms with van der Waals surface area (Å²) in [5.41, 5.74) is 0.602. The molecule has 1 aliphatic rings. The number of benzene rings is 1. The molecule has 1 aromatic rings. The topological polar surface area (TPSA) is 36.3 Å². The molecule has 2 rings (SSSR count). The zero-order valence-electron chi connectivity index (χ0n) is 10.2. The molecule has 1 aliphatic heterocycles. The molecule has 19 heavy (non-hydrogen) atoms. The lowest BCUT2D eigenvalue weighted by atomic mass is 10.1. The van der Waals surface area contributed by atoms with Gasteiger partial charge in [0.1, 0.15) is 5.82 Å². The third kappa shape index (κ3) is 3.58. The van der Waals surface area contributed by atoms with E-state index in [4.69, 9.17) is 33.2 Å². The van der Waals surface area contributed by atoms with E-state index in [0.717, 1.165) is 6.54 Å². The Kier molecular flexibility index (Phi) is 5.00. The van der Waals surface area contributed by atoms with Crippen molar-refractivity contribution in [3.05, 3.63) is 33.6 Å². The number of halogens is 3. The molecule has 0 spiro atoms. The monoisotopic (exact) mass is 302 g/mol. The van der Waals surface area contributed by atoms with E-state index >= 15 is 0 Å². The Morgan fingerprint density at radius 1 is 1.42 bits per heavy atom. The summed E-state index contributed by atoms with van der Waals surface area (Å²) in [6.45, 7) is 2.59. The molecule has 0 amide bonds. The van der Waals surface area contributed by atoms with Crippen molar-refractivity contribution < 1.29 is 9.13 Å². The minimum Gasteiger partial charge on any atom is -0.371 e. The highest BCUT2D eigenvalue weighted by molar-refractivity contribution is 6.35. The lowest BCUT2D eigenvalue weighted by molar-refractivity contribution is -0.0293. The molecule has 0 N–H and O–H groups in total. The number of hydrogen-bond acceptors (Lipinski definition) is 3. The van der Waals surface area contributed by atoms with E-state index in [2.05, 4.69) is 11.0 Å². The average molecular weight is 303 g/mol. The molecule has 3 nitrogen and oxygen atoms in total. The third-order valence-electron chi connectivity index (χ3n) is 3.08. The number of hydrogen-bond donors (Lipinski definition) is 0. The van der Waals surface area contributed by atoms with E-state index in [1.807, 2.05) is 0 Å². The van der Waals surface area contributed by atoms with Crippen molar-refractivity contribution in [2.75, 3.05) is 26.2 Å². The van der Waals surface area contributed by atoms with Gasteiger partial charge in [-0.1, -0.05) is 23.2 Å². The van der Waals surface area contributed by atoms with Crippen LogP contribution in [0.5, 0.6) is 0 Å². The van der Waals surface area contributed by atoms with Crippen molar-refractivity contribution in [2.24, 2.45) is 0 Å². The molecule has 0 bridgehead atoms. The van der Waals surface area contributed by atoms with Crippen LogP contribution < -0.4 is 0 Å². The number of ether oxygens (including phenoxy) is 1. The maximum absolute atomic E-state index is 13.5. The molecule has 1 heterocycles. The van der Waals surface area contributed by atoms with E-state index in [1.54, 1.807) is 0 Å². The molecule has 0 aliphatic carbocycles. The quantitative estimate of drug-likeness (QED) is 0.803. The van der Waals surface area contributed by atoms with Crippen LogP contribution in [0.2, 0.25) is 10.0 Å². The Labute approximate surface area is 121 Å². The summed E-state index contributed by atoms with van der Waals surface area (Å²) in [5, 5.41) is 9.00. The van der Waals surface area contributed by atoms with Gasteiger partial charge in [-0.25, -0.2) is 4.39 Å². The van der Waals surface area contributed by atoms with Crippen LogP contribution in [0.4, 0.5) is 4.39 Å². The van der Waals surface area contributed by atoms with Gasteiger partial charge in [0.25, 0.3) is 0 Å². The van der Waals surface area contributed by atoms with Crippen LogP contribution in [0, 0.1) is 17.1 Å². The summed E-state index contributed by atoms with van der Waals surface area (Å²) in [7, 11) is 0. The summed E-state index contributed by atoms with van der Waals surface area (Å²) >= 11 is 11.8. The summed E-state index contributed by atoms with van der Waals surface area (Å²) in [6, 6.07) is 4.83. The van der Waals surface area contributed by atoms with E-state index in [1.165, 1.54) is 12.1 Å². The number of nitriles is 1. The van der Waals surface area contributed by atoms with Crippen molar-refractivity contribution >= 4 is 23.2 Å². The Morgan fingerprint density at radius 3 is 2.95 bits per heavy atom. The highest BCUT2D eigenvalue weighted by Gasteiger charge is 2.24. The molecule has 1 fully saturated rings. The van der Waals surface area contributed by atoms with Gasteiger partial charge in [0.05, 0.1) is 23.8 Å². The van der Waals surface area contributed by atoms with Crippen LogP contribution in [0.3, 0.4) is 0 Å². The fourth-order valence-electron chi connectivity index (χ4n) is 2.09. The zero-order valence-corrected chi connectivity index (χ0v) is 11.7. The van der Waals surface area contributed by atoms with Crippen LogP contribution in [-0.4, -0.2) is 31.1 Å². The molecule has 6 heteroatoms. The van der Waals surface area contributed by atoms with Crippen molar-refractivity contribution in [3.8, 4) is 6.07 Å². The Morgan fingerprint density at radius 2 is 2.21 bits per heavy atom. The summed E-state index contributed by atoms with van der Waals surface area (Å²) in [4.78, 5) is 2.11.